The van der Waals surface area contributed by atoms with Gasteiger partial charge in [0.25, 0.3) is 0 Å². The first kappa shape index (κ1) is 13.4. The highest BCUT2D eigenvalue weighted by Crippen LogP contribution is 2.37. The lowest BCUT2D eigenvalue weighted by Crippen LogP contribution is -2.05. The molecule has 1 aromatic rings. The zero-order valence-electron chi connectivity index (χ0n) is 9.33. The van der Waals surface area contributed by atoms with Gasteiger partial charge in [-0.2, -0.15) is 5.26 Å². The molecule has 0 saturated carbocycles. The number of nitriles is 1. The predicted octanol–water partition coefficient (Wildman–Crippen LogP) is 4.92. The molecule has 1 aliphatic heterocycles. The number of halogens is 3. The van der Waals surface area contributed by atoms with Crippen LogP contribution >= 0.6 is 34.8 Å². The number of hydrogen-bond acceptors (Lipinski definition) is 2. The highest BCUT2D eigenvalue weighted by molar-refractivity contribution is 6.65. The Morgan fingerprint density at radius 2 is 1.89 bits per heavy atom. The zero-order valence-corrected chi connectivity index (χ0v) is 11.6. The molecule has 0 spiro atoms. The largest absolute Gasteiger partial charge is 0.244 e. The third-order valence-electron chi connectivity index (χ3n) is 2.67. The highest BCUT2D eigenvalue weighted by atomic mass is 35.5. The second kappa shape index (κ2) is 5.75. The van der Waals surface area contributed by atoms with Crippen LogP contribution in [0, 0.1) is 11.3 Å². The van der Waals surface area contributed by atoms with Crippen LogP contribution in [0.15, 0.2) is 35.0 Å². The van der Waals surface area contributed by atoms with Crippen LogP contribution in [-0.2, 0) is 0 Å². The molecule has 0 aromatic heterocycles. The molecule has 0 saturated heterocycles. The van der Waals surface area contributed by atoms with Gasteiger partial charge < -0.3 is 0 Å². The van der Waals surface area contributed by atoms with Gasteiger partial charge in [-0.25, -0.2) is 4.99 Å². The maximum atomic E-state index is 9.35. The molecule has 5 heteroatoms. The van der Waals surface area contributed by atoms with Crippen LogP contribution in [0.2, 0.25) is 10.0 Å². The van der Waals surface area contributed by atoms with Crippen LogP contribution in [0.5, 0.6) is 0 Å². The Kier molecular flexibility index (Phi) is 4.29. The van der Waals surface area contributed by atoms with Crippen molar-refractivity contribution in [1.29, 1.82) is 5.26 Å². The summed E-state index contributed by atoms with van der Waals surface area (Å²) in [6.07, 6.45) is 3.39. The summed E-state index contributed by atoms with van der Waals surface area (Å²) in [7, 11) is 0. The van der Waals surface area contributed by atoms with E-state index in [4.69, 9.17) is 34.8 Å². The lowest BCUT2D eigenvalue weighted by molar-refractivity contribution is 0.924. The molecule has 2 rings (SSSR count). The molecule has 0 aliphatic carbocycles. The van der Waals surface area contributed by atoms with Gasteiger partial charge >= 0.3 is 0 Å². The second-order valence-electron chi connectivity index (χ2n) is 3.85. The van der Waals surface area contributed by atoms with Gasteiger partial charge in [0.2, 0.25) is 0 Å². The molecular formula is C13H9Cl3N2. The number of hydrogen-bond donors (Lipinski definition) is 0. The van der Waals surface area contributed by atoms with E-state index in [0.29, 0.717) is 32.9 Å². The molecule has 1 unspecified atom stereocenters. The van der Waals surface area contributed by atoms with Gasteiger partial charge in [0.1, 0.15) is 11.1 Å². The summed E-state index contributed by atoms with van der Waals surface area (Å²) in [5.74, 6) is -0.583. The van der Waals surface area contributed by atoms with E-state index in [1.54, 1.807) is 18.2 Å². The zero-order chi connectivity index (χ0) is 13.1. The lowest BCUT2D eigenvalue weighted by Gasteiger charge is -2.16. The van der Waals surface area contributed by atoms with E-state index in [9.17, 15) is 5.26 Å². The summed E-state index contributed by atoms with van der Waals surface area (Å²) in [6, 6.07) is 7.35. The average molecular weight is 300 g/mol. The smallest absolute Gasteiger partial charge is 0.116 e. The molecule has 0 fully saturated rings. The summed E-state index contributed by atoms with van der Waals surface area (Å²) >= 11 is 18.1. The Morgan fingerprint density at radius 3 is 2.44 bits per heavy atom. The average Bonchev–Trinajstić information content (AvgIpc) is 2.34. The summed E-state index contributed by atoms with van der Waals surface area (Å²) in [5.41, 5.74) is 1.20. The van der Waals surface area contributed by atoms with Gasteiger partial charge in [0.05, 0.1) is 11.8 Å². The summed E-state index contributed by atoms with van der Waals surface area (Å²) in [5, 5.41) is 10.8. The first-order valence-corrected chi connectivity index (χ1v) is 6.53. The van der Waals surface area contributed by atoms with Crippen molar-refractivity contribution in [3.8, 4) is 6.07 Å². The van der Waals surface area contributed by atoms with Crippen LogP contribution < -0.4 is 0 Å². The van der Waals surface area contributed by atoms with E-state index in [0.717, 1.165) is 6.42 Å². The Labute approximate surface area is 120 Å². The van der Waals surface area contributed by atoms with E-state index < -0.39 is 5.92 Å². The third kappa shape index (κ3) is 2.70. The molecule has 18 heavy (non-hydrogen) atoms. The van der Waals surface area contributed by atoms with Crippen LogP contribution in [0.4, 0.5) is 0 Å². The first-order valence-electron chi connectivity index (χ1n) is 5.40. The minimum absolute atomic E-state index is 0.465. The van der Waals surface area contributed by atoms with Gasteiger partial charge in [-0.1, -0.05) is 46.9 Å². The second-order valence-corrected chi connectivity index (χ2v) is 5.10. The minimum Gasteiger partial charge on any atom is -0.244 e. The monoisotopic (exact) mass is 298 g/mol. The maximum Gasteiger partial charge on any atom is 0.116 e. The van der Waals surface area contributed by atoms with Crippen molar-refractivity contribution in [2.75, 3.05) is 0 Å². The van der Waals surface area contributed by atoms with Crippen LogP contribution in [0.25, 0.3) is 0 Å². The molecule has 2 nitrogen and oxygen atoms in total. The fraction of sp³-hybridized carbons (Fsp3) is 0.231. The Hall–Kier alpha value is -1.01. The number of rotatable bonds is 2. The number of allylic oxidation sites excluding steroid dienone is 2. The number of benzene rings is 1. The van der Waals surface area contributed by atoms with Crippen molar-refractivity contribution >= 4 is 40.0 Å². The van der Waals surface area contributed by atoms with Crippen LogP contribution in [0.3, 0.4) is 0 Å². The van der Waals surface area contributed by atoms with Crippen molar-refractivity contribution < 1.29 is 0 Å². The number of aliphatic imine (C=N–C) groups is 1. The lowest BCUT2D eigenvalue weighted by atomic mass is 9.95. The van der Waals surface area contributed by atoms with Crippen LogP contribution in [-0.4, -0.2) is 5.17 Å². The quantitative estimate of drug-likeness (QED) is 0.764. The maximum absolute atomic E-state index is 9.35. The van der Waals surface area contributed by atoms with Gasteiger partial charge in [-0.15, -0.1) is 0 Å². The van der Waals surface area contributed by atoms with Crippen molar-refractivity contribution in [3.63, 3.8) is 0 Å². The Bertz CT molecular complexity index is 550. The summed E-state index contributed by atoms with van der Waals surface area (Å²) < 4.78 is 0. The first-order chi connectivity index (χ1) is 8.63. The third-order valence-corrected chi connectivity index (χ3v) is 3.60. The van der Waals surface area contributed by atoms with Gasteiger partial charge in [0.15, 0.2) is 0 Å². The summed E-state index contributed by atoms with van der Waals surface area (Å²) in [4.78, 5) is 4.22. The fourth-order valence-electron chi connectivity index (χ4n) is 1.83. The van der Waals surface area contributed by atoms with E-state index in [2.05, 4.69) is 11.1 Å². The van der Waals surface area contributed by atoms with Crippen molar-refractivity contribution in [1.82, 2.24) is 0 Å². The molecular weight excluding hydrogens is 291 g/mol. The predicted molar refractivity (Wildman–Crippen MR) is 75.4 cm³/mol. The molecule has 1 aromatic carbocycles. The SMILES string of the molecule is N#CC(C1=CCCC(Cl)=N1)c1c(Cl)cccc1Cl. The standard InChI is InChI=1S/C13H9Cl3N2/c14-9-3-1-4-10(15)13(9)8(7-17)11-5-2-6-12(16)18-11/h1,3-5,8H,2,6H2. The number of nitrogens with zero attached hydrogens (tertiary/aromatic N) is 2. The molecule has 92 valence electrons. The van der Waals surface area contributed by atoms with E-state index in [-0.39, 0.29) is 0 Å². The summed E-state index contributed by atoms with van der Waals surface area (Å²) in [6.45, 7) is 0. The van der Waals surface area contributed by atoms with Crippen molar-refractivity contribution in [2.24, 2.45) is 4.99 Å². The Morgan fingerprint density at radius 1 is 1.22 bits per heavy atom. The fourth-order valence-corrected chi connectivity index (χ4v) is 2.65. The molecule has 0 radical (unpaired) electrons. The van der Waals surface area contributed by atoms with Crippen molar-refractivity contribution in [2.45, 2.75) is 18.8 Å². The molecule has 1 heterocycles. The molecule has 0 bridgehead atoms. The molecule has 0 amide bonds. The minimum atomic E-state index is -0.583. The van der Waals surface area contributed by atoms with E-state index in [1.165, 1.54) is 0 Å². The van der Waals surface area contributed by atoms with E-state index >= 15 is 0 Å². The highest BCUT2D eigenvalue weighted by Gasteiger charge is 2.23. The topological polar surface area (TPSA) is 36.1 Å². The van der Waals surface area contributed by atoms with Crippen molar-refractivity contribution in [3.05, 3.63) is 45.6 Å². The normalized spacial score (nSPS) is 16.6. The van der Waals surface area contributed by atoms with Gasteiger partial charge in [0, 0.05) is 22.0 Å². The van der Waals surface area contributed by atoms with Crippen LogP contribution in [0.1, 0.15) is 24.3 Å². The van der Waals surface area contributed by atoms with Gasteiger partial charge in [-0.05, 0) is 18.6 Å². The molecule has 0 N–H and O–H groups in total. The molecule has 1 aliphatic rings. The Balaban J connectivity index is 2.48. The van der Waals surface area contributed by atoms with Gasteiger partial charge in [-0.3, -0.25) is 0 Å². The molecule has 1 atom stereocenters. The van der Waals surface area contributed by atoms with E-state index in [1.807, 2.05) is 6.08 Å².